The molecule has 2 aromatic carbocycles. The van der Waals surface area contributed by atoms with Crippen molar-refractivity contribution in [2.24, 2.45) is 34.5 Å². The van der Waals surface area contributed by atoms with Gasteiger partial charge in [0.05, 0.1) is 62.7 Å². The zero-order valence-electron chi connectivity index (χ0n) is 21.5. The topological polar surface area (TPSA) is 210 Å². The first-order valence-corrected chi connectivity index (χ1v) is 13.1. The van der Waals surface area contributed by atoms with Crippen molar-refractivity contribution in [1.82, 2.24) is 0 Å². The Bertz CT molecular complexity index is 1860. The molecule has 8 rings (SSSR count). The molecule has 0 radical (unpaired) electrons. The standard InChI is InChI=1S/C30H22O11/c1-6-3-8-11(9(31)4-6)21(34)16-25(38)19-23(36)14-15-24(37)18(29(14,16)27(8)40)26(39)17-22(35)12-10(32)5-7(2)20(33)13(12)28(41)30(15,17)19/h3-5,14-15,18-19,23-24,31-37H,1-2H3/t14-,15-,18+,19+,23-,24-,29+,30+/m1/s1. The van der Waals surface area contributed by atoms with Crippen LogP contribution in [0.5, 0.6) is 17.2 Å². The number of ketones is 4. The van der Waals surface area contributed by atoms with Gasteiger partial charge in [-0.1, -0.05) is 0 Å². The van der Waals surface area contributed by atoms with Gasteiger partial charge in [-0.3, -0.25) is 19.2 Å². The van der Waals surface area contributed by atoms with Crippen LogP contribution in [-0.4, -0.2) is 71.1 Å². The van der Waals surface area contributed by atoms with Gasteiger partial charge in [0.15, 0.2) is 23.1 Å². The number of aliphatic hydroxyl groups excluding tert-OH is 4. The number of allylic oxidation sites excluding steroid dienone is 2. The lowest BCUT2D eigenvalue weighted by atomic mass is 9.46. The van der Waals surface area contributed by atoms with Crippen molar-refractivity contribution >= 4 is 34.7 Å². The first-order chi connectivity index (χ1) is 19.3. The van der Waals surface area contributed by atoms with E-state index in [2.05, 4.69) is 0 Å². The molecule has 6 aliphatic rings. The fraction of sp³-hybridized carbons (Fsp3) is 0.333. The molecule has 0 aliphatic heterocycles. The van der Waals surface area contributed by atoms with E-state index < -0.39 is 121 Å². The molecule has 0 aromatic heterocycles. The van der Waals surface area contributed by atoms with Gasteiger partial charge in [-0.2, -0.15) is 0 Å². The van der Waals surface area contributed by atoms with Gasteiger partial charge in [0.1, 0.15) is 28.8 Å². The Balaban J connectivity index is 1.56. The number of aromatic hydroxyl groups is 3. The number of hydrogen-bond donors (Lipinski definition) is 7. The molecule has 0 unspecified atom stereocenters. The summed E-state index contributed by atoms with van der Waals surface area (Å²) in [6.07, 6.45) is -3.54. The Morgan fingerprint density at radius 1 is 0.634 bits per heavy atom. The third-order valence-corrected chi connectivity index (χ3v) is 10.6. The molecule has 0 saturated heterocycles. The molecule has 8 atom stereocenters. The maximum absolute atomic E-state index is 14.6. The number of phenols is 3. The number of phenolic OH excluding ortho intramolecular Hbond substituents is 3. The number of benzene rings is 2. The molecule has 4 bridgehead atoms. The number of Topliss-reactive ketones (excluding diaryl/α,β-unsaturated/α-hetero) is 4. The van der Waals surface area contributed by atoms with E-state index in [0.717, 1.165) is 6.07 Å². The van der Waals surface area contributed by atoms with Crippen LogP contribution in [0.15, 0.2) is 29.3 Å². The lowest BCUT2D eigenvalue weighted by Gasteiger charge is -2.53. The number of aliphatic hydroxyl groups is 4. The van der Waals surface area contributed by atoms with Gasteiger partial charge in [-0.25, -0.2) is 0 Å². The highest BCUT2D eigenvalue weighted by Gasteiger charge is 2.90. The molecule has 7 N–H and O–H groups in total. The molecule has 208 valence electrons. The van der Waals surface area contributed by atoms with E-state index >= 15 is 0 Å². The van der Waals surface area contributed by atoms with Crippen LogP contribution in [-0.2, 0) is 9.59 Å². The Morgan fingerprint density at radius 2 is 1.12 bits per heavy atom. The summed E-state index contributed by atoms with van der Waals surface area (Å²) in [6.45, 7) is 2.96. The highest BCUT2D eigenvalue weighted by atomic mass is 16.3. The molecule has 0 amide bonds. The van der Waals surface area contributed by atoms with Crippen LogP contribution in [0.1, 0.15) is 43.0 Å². The Hall–Kier alpha value is -4.48. The monoisotopic (exact) mass is 558 g/mol. The molecular weight excluding hydrogens is 536 g/mol. The van der Waals surface area contributed by atoms with Gasteiger partial charge in [-0.05, 0) is 43.2 Å². The van der Waals surface area contributed by atoms with E-state index in [0.29, 0.717) is 5.56 Å². The number of fused-ring (bicyclic) bond motifs is 4. The van der Waals surface area contributed by atoms with Gasteiger partial charge in [0.2, 0.25) is 0 Å². The summed E-state index contributed by atoms with van der Waals surface area (Å²) >= 11 is 0. The van der Waals surface area contributed by atoms with Crippen LogP contribution in [0.25, 0.3) is 11.5 Å². The number of rotatable bonds is 0. The van der Waals surface area contributed by atoms with Crippen LogP contribution in [0.3, 0.4) is 0 Å². The van der Waals surface area contributed by atoms with E-state index in [9.17, 15) is 54.9 Å². The second-order valence-corrected chi connectivity index (χ2v) is 12.1. The molecule has 2 spiro atoms. The fourth-order valence-corrected chi connectivity index (χ4v) is 9.55. The fourth-order valence-electron chi connectivity index (χ4n) is 9.55. The molecule has 6 aliphatic carbocycles. The Labute approximate surface area is 230 Å². The van der Waals surface area contributed by atoms with Crippen molar-refractivity contribution in [2.45, 2.75) is 26.1 Å². The smallest absolute Gasteiger partial charge is 0.179 e. The van der Waals surface area contributed by atoms with Crippen molar-refractivity contribution < 1.29 is 54.9 Å². The van der Waals surface area contributed by atoms with Gasteiger partial charge in [-0.15, -0.1) is 0 Å². The zero-order chi connectivity index (χ0) is 29.4. The minimum Gasteiger partial charge on any atom is -0.507 e. The summed E-state index contributed by atoms with van der Waals surface area (Å²) in [6, 6.07) is 3.72. The molecule has 2 aromatic rings. The molecule has 4 saturated carbocycles. The summed E-state index contributed by atoms with van der Waals surface area (Å²) in [5.74, 6) is -14.0. The number of aryl methyl sites for hydroxylation is 2. The minimum absolute atomic E-state index is 0.0454. The molecule has 41 heavy (non-hydrogen) atoms. The summed E-state index contributed by atoms with van der Waals surface area (Å²) in [4.78, 5) is 58.0. The molecule has 11 heteroatoms. The Kier molecular flexibility index (Phi) is 3.97. The lowest BCUT2D eigenvalue weighted by molar-refractivity contribution is -0.142. The largest absolute Gasteiger partial charge is 0.507 e. The van der Waals surface area contributed by atoms with E-state index in [1.54, 1.807) is 6.92 Å². The van der Waals surface area contributed by atoms with E-state index in [-0.39, 0.29) is 16.7 Å². The first kappa shape index (κ1) is 24.3. The lowest BCUT2D eigenvalue weighted by Crippen LogP contribution is -2.65. The van der Waals surface area contributed by atoms with Gasteiger partial charge in [0.25, 0.3) is 0 Å². The first-order valence-electron chi connectivity index (χ1n) is 13.1. The summed E-state index contributed by atoms with van der Waals surface area (Å²) < 4.78 is 0. The predicted octanol–water partition coefficient (Wildman–Crippen LogP) is 1.40. The van der Waals surface area contributed by atoms with Crippen molar-refractivity contribution in [3.63, 3.8) is 0 Å². The summed E-state index contributed by atoms with van der Waals surface area (Å²) in [7, 11) is 0. The zero-order valence-corrected chi connectivity index (χ0v) is 21.5. The number of hydrogen-bond acceptors (Lipinski definition) is 11. The van der Waals surface area contributed by atoms with Gasteiger partial charge >= 0.3 is 0 Å². The van der Waals surface area contributed by atoms with Crippen molar-refractivity contribution in [2.75, 3.05) is 0 Å². The van der Waals surface area contributed by atoms with Crippen molar-refractivity contribution in [3.8, 4) is 17.2 Å². The maximum Gasteiger partial charge on any atom is 0.179 e. The molecule has 4 fully saturated rings. The second kappa shape index (κ2) is 6.69. The van der Waals surface area contributed by atoms with Crippen molar-refractivity contribution in [1.29, 1.82) is 0 Å². The van der Waals surface area contributed by atoms with Gasteiger partial charge in [0, 0.05) is 17.4 Å². The van der Waals surface area contributed by atoms with Crippen LogP contribution in [0, 0.1) is 48.3 Å². The average molecular weight is 558 g/mol. The highest BCUT2D eigenvalue weighted by molar-refractivity contribution is 6.31. The predicted molar refractivity (Wildman–Crippen MR) is 136 cm³/mol. The number of carbonyl (C=O) groups excluding carboxylic acids is 4. The van der Waals surface area contributed by atoms with Crippen LogP contribution >= 0.6 is 0 Å². The van der Waals surface area contributed by atoms with Crippen LogP contribution in [0.4, 0.5) is 0 Å². The third-order valence-electron chi connectivity index (χ3n) is 10.6. The maximum atomic E-state index is 14.6. The quantitative estimate of drug-likeness (QED) is 0.230. The van der Waals surface area contributed by atoms with E-state index in [4.69, 9.17) is 0 Å². The average Bonchev–Trinajstić information content (AvgIpc) is 3.24. The normalized spacial score (nSPS) is 37.5. The highest BCUT2D eigenvalue weighted by Crippen LogP contribution is 2.80. The van der Waals surface area contributed by atoms with Crippen LogP contribution < -0.4 is 0 Å². The van der Waals surface area contributed by atoms with Crippen LogP contribution in [0.2, 0.25) is 0 Å². The Morgan fingerprint density at radius 3 is 1.68 bits per heavy atom. The minimum atomic E-state index is -2.42. The molecular formula is C30H22O11. The van der Waals surface area contributed by atoms with E-state index in [1.807, 2.05) is 0 Å². The SMILES string of the molecule is Cc1cc(O)c2c(c1)C(=O)[C@]13C(=C2O)C(=O)[C@@H]2[C@H](O)[C@H]1[C@@H]1[C@@H](O)[C@H]3C(=O)C3=C(O)c4c(O)cc(C)c(O)c4C(=O)[C@]312. The summed E-state index contributed by atoms with van der Waals surface area (Å²) in [5.41, 5.74) is -7.12. The second-order valence-electron chi connectivity index (χ2n) is 12.1. The third kappa shape index (κ3) is 2.05. The van der Waals surface area contributed by atoms with Gasteiger partial charge < -0.3 is 35.7 Å². The number of carbonyl (C=O) groups is 4. The van der Waals surface area contributed by atoms with E-state index in [1.165, 1.54) is 19.1 Å². The van der Waals surface area contributed by atoms with Crippen molar-refractivity contribution in [3.05, 3.63) is 62.7 Å². The molecule has 0 heterocycles. The molecule has 11 nitrogen and oxygen atoms in total. The summed E-state index contributed by atoms with van der Waals surface area (Å²) in [5, 5.41) is 78.8.